The van der Waals surface area contributed by atoms with E-state index in [9.17, 15) is 13.6 Å². The molecule has 1 amide bonds. The van der Waals surface area contributed by atoms with Gasteiger partial charge in [0.2, 0.25) is 5.91 Å². The summed E-state index contributed by atoms with van der Waals surface area (Å²) in [5.41, 5.74) is -0.663. The number of rotatable bonds is 8. The van der Waals surface area contributed by atoms with Crippen LogP contribution in [0.25, 0.3) is 32.9 Å². The molecule has 0 aliphatic carbocycles. The molecule has 3 saturated heterocycles. The number of carbonyl (C=O) groups excluding carboxylic acids is 1. The number of pyridine rings is 1. The van der Waals surface area contributed by atoms with Crippen molar-refractivity contribution < 1.29 is 27.1 Å². The molecule has 4 aromatic rings. The van der Waals surface area contributed by atoms with Crippen molar-refractivity contribution in [2.24, 2.45) is 5.92 Å². The molecule has 12 heteroatoms. The first-order valence-electron chi connectivity index (χ1n) is 15.0. The molecule has 0 N–H and O–H groups in total. The molecule has 0 bridgehead atoms. The summed E-state index contributed by atoms with van der Waals surface area (Å²) in [6.07, 6.45) is 3.82. The van der Waals surface area contributed by atoms with Crippen molar-refractivity contribution in [1.29, 1.82) is 0 Å². The Kier molecular flexibility index (Phi) is 7.34. The zero-order valence-electron chi connectivity index (χ0n) is 24.8. The third-order valence-corrected chi connectivity index (χ3v) is 9.40. The zero-order valence-corrected chi connectivity index (χ0v) is 24.8. The Morgan fingerprint density at radius 1 is 1.16 bits per heavy atom. The van der Waals surface area contributed by atoms with E-state index in [0.717, 1.165) is 25.5 Å². The van der Waals surface area contributed by atoms with Gasteiger partial charge in [0.05, 0.1) is 10.9 Å². The van der Waals surface area contributed by atoms with Gasteiger partial charge in [0.15, 0.2) is 17.5 Å². The van der Waals surface area contributed by atoms with Gasteiger partial charge in [0.25, 0.3) is 0 Å². The minimum Gasteiger partial charge on any atom is -0.461 e. The number of nitrogens with zero attached hydrogens (tertiary/aromatic N) is 6. The van der Waals surface area contributed by atoms with Crippen molar-refractivity contribution in [2.45, 2.75) is 31.0 Å². The highest BCUT2D eigenvalue weighted by atomic mass is 19.2. The van der Waals surface area contributed by atoms with Gasteiger partial charge in [-0.25, -0.2) is 17.6 Å². The lowest BCUT2D eigenvalue weighted by atomic mass is 9.95. The van der Waals surface area contributed by atoms with Crippen molar-refractivity contribution in [1.82, 2.24) is 24.8 Å². The number of anilines is 1. The average Bonchev–Trinajstić information content (AvgIpc) is 3.54. The highest BCUT2D eigenvalue weighted by Crippen LogP contribution is 2.41. The van der Waals surface area contributed by atoms with E-state index in [1.54, 1.807) is 24.1 Å². The number of aromatic nitrogens is 3. The van der Waals surface area contributed by atoms with Crippen LogP contribution in [0.15, 0.2) is 49.2 Å². The SMILES string of the molecule is C=CC(=O)N1CC(CN(C)c2nc(OC[C@@]34CCCN3C[C@H](F)C4)nc3c(F)c(-c4cccc5ccc(F)c(F)c45)ncc23)C1. The van der Waals surface area contributed by atoms with Gasteiger partial charge in [-0.1, -0.05) is 30.8 Å². The summed E-state index contributed by atoms with van der Waals surface area (Å²) in [5, 5.41) is 0.617. The van der Waals surface area contributed by atoms with Gasteiger partial charge in [-0.3, -0.25) is 14.7 Å². The standard InChI is InChI=1S/C33H32F4N6O2/c1-3-25(44)42-15-19(16-42)14-41(2)31-23-13-38-29(22-7-4-6-20-8-9-24(35)27(36)26(20)22)28(37)30(23)39-32(40-31)45-18-33-10-5-11-43(33)17-21(34)12-33/h3-4,6-9,13,19,21H,1,5,10-12,14-18H2,2H3/t21-,33+/m1/s1. The van der Waals surface area contributed by atoms with E-state index in [-0.39, 0.29) is 46.6 Å². The van der Waals surface area contributed by atoms with Crippen LogP contribution in [0.5, 0.6) is 6.01 Å². The maximum atomic E-state index is 16.5. The van der Waals surface area contributed by atoms with E-state index in [1.165, 1.54) is 24.4 Å². The van der Waals surface area contributed by atoms with E-state index in [0.29, 0.717) is 49.2 Å². The van der Waals surface area contributed by atoms with Gasteiger partial charge in [0.1, 0.15) is 29.8 Å². The van der Waals surface area contributed by atoms with E-state index in [2.05, 4.69) is 26.4 Å². The Labute approximate surface area is 257 Å². The average molecular weight is 621 g/mol. The molecule has 2 atom stereocenters. The zero-order chi connectivity index (χ0) is 31.5. The molecule has 3 aliphatic heterocycles. The summed E-state index contributed by atoms with van der Waals surface area (Å²) in [6.45, 7) is 6.42. The molecule has 7 rings (SSSR count). The number of benzene rings is 2. The quantitative estimate of drug-likeness (QED) is 0.196. The minimum atomic E-state index is -1.09. The number of carbonyl (C=O) groups is 1. The van der Waals surface area contributed by atoms with E-state index in [1.807, 2.05) is 4.90 Å². The third kappa shape index (κ3) is 5.04. The van der Waals surface area contributed by atoms with Crippen molar-refractivity contribution in [2.75, 3.05) is 51.3 Å². The highest BCUT2D eigenvalue weighted by molar-refractivity contribution is 5.99. The van der Waals surface area contributed by atoms with Gasteiger partial charge in [-0.05, 0) is 36.9 Å². The molecule has 2 aromatic heterocycles. The summed E-state index contributed by atoms with van der Waals surface area (Å²) in [7, 11) is 1.81. The van der Waals surface area contributed by atoms with Gasteiger partial charge >= 0.3 is 6.01 Å². The maximum Gasteiger partial charge on any atom is 0.319 e. The molecule has 8 nitrogen and oxygen atoms in total. The van der Waals surface area contributed by atoms with Gasteiger partial charge < -0.3 is 14.5 Å². The van der Waals surface area contributed by atoms with Crippen LogP contribution in [0, 0.1) is 23.4 Å². The van der Waals surface area contributed by atoms with Crippen LogP contribution in [0.1, 0.15) is 19.3 Å². The summed E-state index contributed by atoms with van der Waals surface area (Å²) < 4.78 is 66.3. The second-order valence-electron chi connectivity index (χ2n) is 12.3. The maximum absolute atomic E-state index is 16.5. The molecule has 0 radical (unpaired) electrons. The third-order valence-electron chi connectivity index (χ3n) is 9.40. The Morgan fingerprint density at radius 3 is 2.78 bits per heavy atom. The van der Waals surface area contributed by atoms with Crippen LogP contribution < -0.4 is 9.64 Å². The predicted molar refractivity (Wildman–Crippen MR) is 162 cm³/mol. The molecular formula is C33H32F4N6O2. The first kappa shape index (κ1) is 29.4. The van der Waals surface area contributed by atoms with Crippen molar-refractivity contribution >= 4 is 33.4 Å². The second kappa shape index (κ2) is 11.2. The molecule has 2 aromatic carbocycles. The van der Waals surface area contributed by atoms with Crippen LogP contribution in [-0.4, -0.2) is 88.7 Å². The fourth-order valence-electron chi connectivity index (χ4n) is 7.19. The molecule has 0 unspecified atom stereocenters. The summed E-state index contributed by atoms with van der Waals surface area (Å²) >= 11 is 0. The van der Waals surface area contributed by atoms with E-state index >= 15 is 8.78 Å². The largest absolute Gasteiger partial charge is 0.461 e. The van der Waals surface area contributed by atoms with Gasteiger partial charge in [-0.15, -0.1) is 0 Å². The molecule has 0 saturated carbocycles. The topological polar surface area (TPSA) is 74.7 Å². The number of hydrogen-bond acceptors (Lipinski definition) is 7. The number of hydrogen-bond donors (Lipinski definition) is 0. The first-order valence-corrected chi connectivity index (χ1v) is 15.0. The molecule has 3 aliphatic rings. The number of alkyl halides is 1. The van der Waals surface area contributed by atoms with Gasteiger partial charge in [0, 0.05) is 62.7 Å². The van der Waals surface area contributed by atoms with Crippen LogP contribution in [-0.2, 0) is 4.79 Å². The molecule has 3 fully saturated rings. The Bertz CT molecular complexity index is 1830. The first-order chi connectivity index (χ1) is 21.7. The molecule has 234 valence electrons. The fourth-order valence-corrected chi connectivity index (χ4v) is 7.19. The normalized spacial score (nSPS) is 21.7. The number of ether oxygens (including phenoxy) is 1. The van der Waals surface area contributed by atoms with Crippen molar-refractivity contribution in [3.05, 3.63) is 66.6 Å². The Morgan fingerprint density at radius 2 is 1.98 bits per heavy atom. The summed E-state index contributed by atoms with van der Waals surface area (Å²) in [5.74, 6) is -2.60. The van der Waals surface area contributed by atoms with Crippen molar-refractivity contribution in [3.63, 3.8) is 0 Å². The fraction of sp³-hybridized carbons (Fsp3) is 0.394. The monoisotopic (exact) mass is 620 g/mol. The lowest BCUT2D eigenvalue weighted by Gasteiger charge is -2.40. The number of fused-ring (bicyclic) bond motifs is 3. The molecule has 0 spiro atoms. The number of amides is 1. The van der Waals surface area contributed by atoms with E-state index < -0.39 is 29.2 Å². The van der Waals surface area contributed by atoms with Crippen molar-refractivity contribution in [3.8, 4) is 17.3 Å². The summed E-state index contributed by atoms with van der Waals surface area (Å²) in [6, 6.07) is 7.11. The lowest BCUT2D eigenvalue weighted by molar-refractivity contribution is -0.131. The van der Waals surface area contributed by atoms with E-state index in [4.69, 9.17) is 4.74 Å². The molecule has 5 heterocycles. The van der Waals surface area contributed by atoms with Gasteiger partial charge in [-0.2, -0.15) is 9.97 Å². The van der Waals surface area contributed by atoms with Crippen LogP contribution in [0.3, 0.4) is 0 Å². The minimum absolute atomic E-state index is 0.0730. The molecular weight excluding hydrogens is 588 g/mol. The predicted octanol–water partition coefficient (Wildman–Crippen LogP) is 5.30. The van der Waals surface area contributed by atoms with Crippen LogP contribution in [0.4, 0.5) is 23.4 Å². The second-order valence-corrected chi connectivity index (χ2v) is 12.3. The number of likely N-dealkylation sites (tertiary alicyclic amines) is 1. The number of halogens is 4. The van der Waals surface area contributed by atoms with Crippen LogP contribution >= 0.6 is 0 Å². The lowest BCUT2D eigenvalue weighted by Crippen LogP contribution is -2.53. The summed E-state index contributed by atoms with van der Waals surface area (Å²) in [4.78, 5) is 31.1. The Hall–Kier alpha value is -4.32. The highest BCUT2D eigenvalue weighted by Gasteiger charge is 2.49. The molecule has 45 heavy (non-hydrogen) atoms. The van der Waals surface area contributed by atoms with Crippen LogP contribution in [0.2, 0.25) is 0 Å². The smallest absolute Gasteiger partial charge is 0.319 e. The Balaban J connectivity index is 1.29.